The Morgan fingerprint density at radius 3 is 2.56 bits per heavy atom. The van der Waals surface area contributed by atoms with E-state index in [1.807, 2.05) is 0 Å². The van der Waals surface area contributed by atoms with Crippen LogP contribution in [0.1, 0.15) is 45.4 Å². The van der Waals surface area contributed by atoms with Crippen LogP contribution in [0.15, 0.2) is 0 Å². The van der Waals surface area contributed by atoms with E-state index in [0.717, 1.165) is 19.5 Å². The van der Waals surface area contributed by atoms with Crippen LogP contribution in [0, 0.1) is 5.41 Å². The van der Waals surface area contributed by atoms with Crippen molar-refractivity contribution in [3.8, 4) is 0 Å². The second kappa shape index (κ2) is 7.25. The number of rotatable bonds is 7. The Kier molecular flexibility index (Phi) is 6.32. The summed E-state index contributed by atoms with van der Waals surface area (Å²) in [6.07, 6.45) is 8.22. The van der Waals surface area contributed by atoms with E-state index in [0.29, 0.717) is 12.0 Å². The summed E-state index contributed by atoms with van der Waals surface area (Å²) < 4.78 is 5.25. The number of methoxy groups -OCH3 is 1. The normalized spacial score (nSPS) is 21.9. The van der Waals surface area contributed by atoms with Crippen molar-refractivity contribution in [3.05, 3.63) is 0 Å². The first kappa shape index (κ1) is 13.9. The van der Waals surface area contributed by atoms with Gasteiger partial charge in [-0.15, -0.1) is 0 Å². The molecule has 3 nitrogen and oxygen atoms in total. The first-order valence-electron chi connectivity index (χ1n) is 6.64. The van der Waals surface area contributed by atoms with Gasteiger partial charge in [0.2, 0.25) is 0 Å². The lowest BCUT2D eigenvalue weighted by Gasteiger charge is -2.34. The third-order valence-corrected chi connectivity index (χ3v) is 3.85. The lowest BCUT2D eigenvalue weighted by molar-refractivity contribution is 0.100. The van der Waals surface area contributed by atoms with E-state index in [2.05, 4.69) is 12.2 Å². The Bertz CT molecular complexity index is 175. The zero-order valence-corrected chi connectivity index (χ0v) is 10.9. The van der Waals surface area contributed by atoms with E-state index in [1.54, 1.807) is 7.11 Å². The second-order valence-corrected chi connectivity index (χ2v) is 5.43. The van der Waals surface area contributed by atoms with E-state index < -0.39 is 0 Å². The van der Waals surface area contributed by atoms with Gasteiger partial charge in [-0.05, 0) is 31.2 Å². The van der Waals surface area contributed by atoms with E-state index in [9.17, 15) is 0 Å². The summed E-state index contributed by atoms with van der Waals surface area (Å²) in [4.78, 5) is 0. The zero-order valence-electron chi connectivity index (χ0n) is 10.9. The monoisotopic (exact) mass is 228 g/mol. The maximum absolute atomic E-state index is 5.58. The minimum Gasteiger partial charge on any atom is -0.380 e. The first-order valence-corrected chi connectivity index (χ1v) is 6.64. The minimum absolute atomic E-state index is 0.215. The van der Waals surface area contributed by atoms with Gasteiger partial charge in [0.05, 0.1) is 6.10 Å². The molecule has 0 heterocycles. The predicted molar refractivity (Wildman–Crippen MR) is 68.5 cm³/mol. The third-order valence-electron chi connectivity index (χ3n) is 3.85. The molecule has 96 valence electrons. The van der Waals surface area contributed by atoms with Crippen molar-refractivity contribution in [1.82, 2.24) is 5.32 Å². The molecule has 0 aliphatic heterocycles. The van der Waals surface area contributed by atoms with Crippen molar-refractivity contribution in [2.75, 3.05) is 26.7 Å². The Hall–Kier alpha value is -0.120. The van der Waals surface area contributed by atoms with Crippen molar-refractivity contribution < 1.29 is 4.74 Å². The van der Waals surface area contributed by atoms with Crippen LogP contribution < -0.4 is 11.1 Å². The molecule has 0 saturated heterocycles. The number of hydrogen-bond donors (Lipinski definition) is 2. The summed E-state index contributed by atoms with van der Waals surface area (Å²) >= 11 is 0. The molecule has 16 heavy (non-hydrogen) atoms. The van der Waals surface area contributed by atoms with Gasteiger partial charge in [-0.2, -0.15) is 0 Å². The standard InChI is InChI=1S/C13H28N2O/c1-13(7-4-3-5-8-13)11-15-9-6-12(10-14)16-2/h12,15H,3-11,14H2,1-2H3. The summed E-state index contributed by atoms with van der Waals surface area (Å²) in [5, 5.41) is 3.56. The molecule has 0 aromatic carbocycles. The van der Waals surface area contributed by atoms with Crippen LogP contribution in [0.2, 0.25) is 0 Å². The van der Waals surface area contributed by atoms with E-state index >= 15 is 0 Å². The highest BCUT2D eigenvalue weighted by molar-refractivity contribution is 4.80. The van der Waals surface area contributed by atoms with Gasteiger partial charge in [0.25, 0.3) is 0 Å². The van der Waals surface area contributed by atoms with E-state index in [-0.39, 0.29) is 6.10 Å². The van der Waals surface area contributed by atoms with Gasteiger partial charge in [0.15, 0.2) is 0 Å². The molecule has 0 aromatic rings. The van der Waals surface area contributed by atoms with Gasteiger partial charge in [-0.1, -0.05) is 26.2 Å². The second-order valence-electron chi connectivity index (χ2n) is 5.43. The van der Waals surface area contributed by atoms with Crippen LogP contribution in [0.3, 0.4) is 0 Å². The molecule has 0 aromatic heterocycles. The molecule has 1 unspecified atom stereocenters. The van der Waals surface area contributed by atoms with Crippen molar-refractivity contribution in [1.29, 1.82) is 0 Å². The van der Waals surface area contributed by atoms with Crippen molar-refractivity contribution >= 4 is 0 Å². The Balaban J connectivity index is 2.09. The maximum atomic E-state index is 5.58. The van der Waals surface area contributed by atoms with Gasteiger partial charge < -0.3 is 15.8 Å². The molecule has 1 saturated carbocycles. The quantitative estimate of drug-likeness (QED) is 0.654. The van der Waals surface area contributed by atoms with Crippen LogP contribution >= 0.6 is 0 Å². The molecule has 0 amide bonds. The lowest BCUT2D eigenvalue weighted by atomic mass is 9.76. The molecular formula is C13H28N2O. The molecule has 1 atom stereocenters. The van der Waals surface area contributed by atoms with Gasteiger partial charge in [0, 0.05) is 20.2 Å². The Labute approximate surface area is 100 Å². The van der Waals surface area contributed by atoms with E-state index in [1.165, 1.54) is 32.1 Å². The summed E-state index contributed by atoms with van der Waals surface area (Å²) in [5.41, 5.74) is 6.11. The van der Waals surface area contributed by atoms with Crippen LogP contribution in [-0.4, -0.2) is 32.8 Å². The first-order chi connectivity index (χ1) is 7.70. The van der Waals surface area contributed by atoms with Gasteiger partial charge in [-0.25, -0.2) is 0 Å². The molecule has 3 heteroatoms. The van der Waals surface area contributed by atoms with Gasteiger partial charge in [-0.3, -0.25) is 0 Å². The lowest BCUT2D eigenvalue weighted by Crippen LogP contribution is -2.36. The molecule has 0 bridgehead atoms. The molecule has 3 N–H and O–H groups in total. The molecular weight excluding hydrogens is 200 g/mol. The SMILES string of the molecule is COC(CN)CCNCC1(C)CCCCC1. The zero-order chi connectivity index (χ0) is 11.9. The fourth-order valence-corrected chi connectivity index (χ4v) is 2.57. The molecule has 1 rings (SSSR count). The molecule has 1 fully saturated rings. The summed E-state index contributed by atoms with van der Waals surface area (Å²) in [6, 6.07) is 0. The van der Waals surface area contributed by atoms with Crippen LogP contribution in [-0.2, 0) is 4.74 Å². The predicted octanol–water partition coefficient (Wildman–Crippen LogP) is 1.91. The highest BCUT2D eigenvalue weighted by atomic mass is 16.5. The number of nitrogens with two attached hydrogens (primary N) is 1. The minimum atomic E-state index is 0.215. The summed E-state index contributed by atoms with van der Waals surface area (Å²) in [6.45, 7) is 5.20. The van der Waals surface area contributed by atoms with Crippen molar-refractivity contribution in [3.63, 3.8) is 0 Å². The fraction of sp³-hybridized carbons (Fsp3) is 1.00. The highest BCUT2D eigenvalue weighted by Crippen LogP contribution is 2.34. The molecule has 0 spiro atoms. The molecule has 0 radical (unpaired) electrons. The van der Waals surface area contributed by atoms with Gasteiger partial charge >= 0.3 is 0 Å². The number of nitrogens with one attached hydrogen (secondary N) is 1. The maximum Gasteiger partial charge on any atom is 0.0705 e. The Morgan fingerprint density at radius 2 is 2.00 bits per heavy atom. The van der Waals surface area contributed by atoms with Crippen LogP contribution in [0.5, 0.6) is 0 Å². The molecule has 1 aliphatic rings. The average Bonchev–Trinajstić information content (AvgIpc) is 2.30. The smallest absolute Gasteiger partial charge is 0.0705 e. The number of ether oxygens (including phenoxy) is 1. The topological polar surface area (TPSA) is 47.3 Å². The van der Waals surface area contributed by atoms with E-state index in [4.69, 9.17) is 10.5 Å². The van der Waals surface area contributed by atoms with Crippen LogP contribution in [0.4, 0.5) is 0 Å². The van der Waals surface area contributed by atoms with Crippen LogP contribution in [0.25, 0.3) is 0 Å². The van der Waals surface area contributed by atoms with Crippen molar-refractivity contribution in [2.24, 2.45) is 11.1 Å². The highest BCUT2D eigenvalue weighted by Gasteiger charge is 2.25. The van der Waals surface area contributed by atoms with Crippen molar-refractivity contribution in [2.45, 2.75) is 51.6 Å². The largest absolute Gasteiger partial charge is 0.380 e. The Morgan fingerprint density at radius 1 is 1.31 bits per heavy atom. The number of hydrogen-bond acceptors (Lipinski definition) is 3. The average molecular weight is 228 g/mol. The summed E-state index contributed by atoms with van der Waals surface area (Å²) in [5.74, 6) is 0. The van der Waals surface area contributed by atoms with Gasteiger partial charge in [0.1, 0.15) is 0 Å². The fourth-order valence-electron chi connectivity index (χ4n) is 2.57. The third kappa shape index (κ3) is 4.81. The summed E-state index contributed by atoms with van der Waals surface area (Å²) in [7, 11) is 1.74. The molecule has 1 aliphatic carbocycles.